The highest BCUT2D eigenvalue weighted by molar-refractivity contribution is 4.73. The van der Waals surface area contributed by atoms with Crippen molar-refractivity contribution in [2.24, 2.45) is 11.8 Å². The summed E-state index contributed by atoms with van der Waals surface area (Å²) in [6.07, 6.45) is 1.29. The van der Waals surface area contributed by atoms with E-state index >= 15 is 0 Å². The molecule has 0 bridgehead atoms. The van der Waals surface area contributed by atoms with Gasteiger partial charge in [-0.1, -0.05) is 41.5 Å². The zero-order valence-electron chi connectivity index (χ0n) is 9.52. The molecule has 0 radical (unpaired) electrons. The minimum Gasteiger partial charge on any atom is -0.312 e. The Morgan fingerprint density at radius 1 is 0.917 bits per heavy atom. The topological polar surface area (TPSA) is 12.0 Å². The summed E-state index contributed by atoms with van der Waals surface area (Å²) < 4.78 is 0. The molecule has 74 valence electrons. The van der Waals surface area contributed by atoms with E-state index in [0.29, 0.717) is 12.1 Å². The lowest BCUT2D eigenvalue weighted by molar-refractivity contribution is 0.319. The maximum Gasteiger partial charge on any atom is 0.00948 e. The number of hydrogen-bond acceptors (Lipinski definition) is 1. The first-order chi connectivity index (χ1) is 5.43. The van der Waals surface area contributed by atoms with Crippen LogP contribution in [0.2, 0.25) is 0 Å². The molecule has 1 unspecified atom stereocenters. The first-order valence-corrected chi connectivity index (χ1v) is 5.19. The van der Waals surface area contributed by atoms with Crippen molar-refractivity contribution in [1.29, 1.82) is 0 Å². The highest BCUT2D eigenvalue weighted by atomic mass is 14.9. The minimum atomic E-state index is 0.608. The van der Waals surface area contributed by atoms with Crippen LogP contribution in [0.25, 0.3) is 0 Å². The second-order valence-corrected chi connectivity index (χ2v) is 4.80. The largest absolute Gasteiger partial charge is 0.312 e. The molecule has 1 N–H and O–H groups in total. The van der Waals surface area contributed by atoms with Gasteiger partial charge >= 0.3 is 0 Å². The van der Waals surface area contributed by atoms with Crippen LogP contribution < -0.4 is 5.32 Å². The Kier molecular flexibility index (Phi) is 5.56. The molecule has 0 saturated heterocycles. The molecule has 0 fully saturated rings. The molecule has 0 aliphatic rings. The quantitative estimate of drug-likeness (QED) is 0.670. The molecule has 1 atom stereocenters. The molecule has 0 heterocycles. The van der Waals surface area contributed by atoms with Crippen LogP contribution in [0.5, 0.6) is 0 Å². The molecule has 1 heteroatoms. The summed E-state index contributed by atoms with van der Waals surface area (Å²) in [7, 11) is 0. The van der Waals surface area contributed by atoms with E-state index < -0.39 is 0 Å². The number of rotatable bonds is 5. The average Bonchev–Trinajstić information content (AvgIpc) is 1.83. The van der Waals surface area contributed by atoms with Gasteiger partial charge in [-0.3, -0.25) is 0 Å². The van der Waals surface area contributed by atoms with Gasteiger partial charge in [-0.05, 0) is 18.3 Å². The lowest BCUT2D eigenvalue weighted by atomic mass is 9.94. The standard InChI is InChI=1S/C11H25N/c1-8(2)7-11(9(3)4)12-10(5)6/h8-12H,7H2,1-6H3. The van der Waals surface area contributed by atoms with E-state index in [1.54, 1.807) is 0 Å². The van der Waals surface area contributed by atoms with Crippen LogP contribution in [0.3, 0.4) is 0 Å². The van der Waals surface area contributed by atoms with Gasteiger partial charge in [0.05, 0.1) is 0 Å². The zero-order chi connectivity index (χ0) is 9.72. The van der Waals surface area contributed by atoms with Gasteiger partial charge < -0.3 is 5.32 Å². The SMILES string of the molecule is CC(C)CC(NC(C)C)C(C)C. The van der Waals surface area contributed by atoms with Crippen molar-refractivity contribution in [3.05, 3.63) is 0 Å². The fourth-order valence-corrected chi connectivity index (χ4v) is 1.47. The fraction of sp³-hybridized carbons (Fsp3) is 1.00. The molecule has 0 aromatic heterocycles. The maximum absolute atomic E-state index is 3.61. The first-order valence-electron chi connectivity index (χ1n) is 5.19. The maximum atomic E-state index is 3.61. The molecule has 0 aromatic rings. The van der Waals surface area contributed by atoms with E-state index in [1.807, 2.05) is 0 Å². The van der Waals surface area contributed by atoms with Crippen LogP contribution in [-0.4, -0.2) is 12.1 Å². The van der Waals surface area contributed by atoms with Crippen molar-refractivity contribution in [2.75, 3.05) is 0 Å². The summed E-state index contributed by atoms with van der Waals surface area (Å²) in [5, 5.41) is 3.61. The molecule has 0 saturated carbocycles. The lowest BCUT2D eigenvalue weighted by Crippen LogP contribution is -2.39. The normalized spacial score (nSPS) is 14.8. The monoisotopic (exact) mass is 171 g/mol. The Labute approximate surface area is 77.9 Å². The van der Waals surface area contributed by atoms with E-state index in [9.17, 15) is 0 Å². The summed E-state index contributed by atoms with van der Waals surface area (Å²) in [5.74, 6) is 1.54. The summed E-state index contributed by atoms with van der Waals surface area (Å²) in [5.41, 5.74) is 0. The van der Waals surface area contributed by atoms with Gasteiger partial charge in [0, 0.05) is 12.1 Å². The third-order valence-corrected chi connectivity index (χ3v) is 2.08. The summed E-state index contributed by atoms with van der Waals surface area (Å²) in [4.78, 5) is 0. The van der Waals surface area contributed by atoms with Gasteiger partial charge in [0.1, 0.15) is 0 Å². The third kappa shape index (κ3) is 5.59. The van der Waals surface area contributed by atoms with Crippen molar-refractivity contribution in [1.82, 2.24) is 5.32 Å². The predicted molar refractivity (Wildman–Crippen MR) is 56.4 cm³/mol. The van der Waals surface area contributed by atoms with Crippen LogP contribution in [0.4, 0.5) is 0 Å². The van der Waals surface area contributed by atoms with Gasteiger partial charge in [0.15, 0.2) is 0 Å². The van der Waals surface area contributed by atoms with Gasteiger partial charge in [-0.15, -0.1) is 0 Å². The molecule has 0 aromatic carbocycles. The van der Waals surface area contributed by atoms with Crippen molar-refractivity contribution < 1.29 is 0 Å². The van der Waals surface area contributed by atoms with E-state index in [1.165, 1.54) is 6.42 Å². The van der Waals surface area contributed by atoms with Crippen LogP contribution in [-0.2, 0) is 0 Å². The summed E-state index contributed by atoms with van der Waals surface area (Å²) >= 11 is 0. The van der Waals surface area contributed by atoms with Crippen molar-refractivity contribution >= 4 is 0 Å². The second-order valence-electron chi connectivity index (χ2n) is 4.80. The highest BCUT2D eigenvalue weighted by Crippen LogP contribution is 2.12. The molecule has 0 spiro atoms. The molecule has 0 amide bonds. The van der Waals surface area contributed by atoms with E-state index in [2.05, 4.69) is 46.9 Å². The summed E-state index contributed by atoms with van der Waals surface area (Å²) in [6, 6.07) is 1.29. The molecule has 0 rings (SSSR count). The van der Waals surface area contributed by atoms with Crippen LogP contribution in [0.15, 0.2) is 0 Å². The van der Waals surface area contributed by atoms with Crippen LogP contribution in [0, 0.1) is 11.8 Å². The van der Waals surface area contributed by atoms with E-state index in [4.69, 9.17) is 0 Å². The smallest absolute Gasteiger partial charge is 0.00948 e. The van der Waals surface area contributed by atoms with Gasteiger partial charge in [0.25, 0.3) is 0 Å². The Balaban J connectivity index is 3.87. The van der Waals surface area contributed by atoms with Crippen LogP contribution in [0.1, 0.15) is 48.0 Å². The van der Waals surface area contributed by atoms with Gasteiger partial charge in [0.2, 0.25) is 0 Å². The molecule has 12 heavy (non-hydrogen) atoms. The Bertz CT molecular complexity index is 95.6. The van der Waals surface area contributed by atoms with Crippen molar-refractivity contribution in [3.8, 4) is 0 Å². The fourth-order valence-electron chi connectivity index (χ4n) is 1.47. The average molecular weight is 171 g/mol. The zero-order valence-corrected chi connectivity index (χ0v) is 9.52. The third-order valence-electron chi connectivity index (χ3n) is 2.08. The first kappa shape index (κ1) is 12.0. The molecule has 0 aliphatic carbocycles. The van der Waals surface area contributed by atoms with E-state index in [-0.39, 0.29) is 0 Å². The van der Waals surface area contributed by atoms with Crippen molar-refractivity contribution in [2.45, 2.75) is 60.0 Å². The van der Waals surface area contributed by atoms with Gasteiger partial charge in [-0.2, -0.15) is 0 Å². The summed E-state index contributed by atoms with van der Waals surface area (Å²) in [6.45, 7) is 13.6. The second kappa shape index (κ2) is 5.58. The van der Waals surface area contributed by atoms with E-state index in [0.717, 1.165) is 11.8 Å². The lowest BCUT2D eigenvalue weighted by Gasteiger charge is -2.26. The van der Waals surface area contributed by atoms with Crippen molar-refractivity contribution in [3.63, 3.8) is 0 Å². The highest BCUT2D eigenvalue weighted by Gasteiger charge is 2.14. The number of hydrogen-bond donors (Lipinski definition) is 1. The predicted octanol–water partition coefficient (Wildman–Crippen LogP) is 3.06. The van der Waals surface area contributed by atoms with Gasteiger partial charge in [-0.25, -0.2) is 0 Å². The Morgan fingerprint density at radius 2 is 1.42 bits per heavy atom. The molecular formula is C11H25N. The molecular weight excluding hydrogens is 146 g/mol. The minimum absolute atomic E-state index is 0.608. The van der Waals surface area contributed by atoms with Crippen LogP contribution >= 0.6 is 0 Å². The molecule has 0 aliphatic heterocycles. The molecule has 1 nitrogen and oxygen atoms in total. The Morgan fingerprint density at radius 3 is 1.67 bits per heavy atom. The number of nitrogens with one attached hydrogen (secondary N) is 1. The Hall–Kier alpha value is -0.0400.